The number of primary amides is 1. The molecule has 0 aromatic heterocycles. The van der Waals surface area contributed by atoms with Crippen molar-refractivity contribution in [1.82, 2.24) is 0 Å². The Kier molecular flexibility index (Phi) is 17.8. The molecule has 0 radical (unpaired) electrons. The molecule has 0 saturated heterocycles. The summed E-state index contributed by atoms with van der Waals surface area (Å²) in [7, 11) is 0. The van der Waals surface area contributed by atoms with Crippen LogP contribution in [-0.4, -0.2) is 16.4 Å². The van der Waals surface area contributed by atoms with Crippen molar-refractivity contribution in [2.24, 2.45) is 5.73 Å². The SMILES string of the molecule is CC/C=C\C/C=C\C/C=C\CCCCCCCCSC(CC)(CC)C(N)=O. The summed E-state index contributed by atoms with van der Waals surface area (Å²) >= 11 is 1.77. The van der Waals surface area contributed by atoms with E-state index in [9.17, 15) is 4.79 Å². The average Bonchev–Trinajstić information content (AvgIpc) is 2.67. The number of rotatable bonds is 18. The first-order chi connectivity index (χ1) is 13.1. The summed E-state index contributed by atoms with van der Waals surface area (Å²) in [6.45, 7) is 6.30. The normalized spacial score (nSPS) is 12.7. The molecular weight excluding hydrogens is 350 g/mol. The standard InChI is InChI=1S/C24H43NOS/c1-4-7-8-9-10-11-12-13-14-15-16-17-18-19-20-21-22-27-24(5-2,6-3)23(25)26/h7-8,10-11,13-14H,4-6,9,12,15-22H2,1-3H3,(H2,25,26)/b8-7-,11-10-,14-13-. The van der Waals surface area contributed by atoms with Gasteiger partial charge in [0.15, 0.2) is 0 Å². The molecule has 0 fully saturated rings. The first-order valence-corrected chi connectivity index (χ1v) is 12.0. The van der Waals surface area contributed by atoms with Gasteiger partial charge < -0.3 is 5.73 Å². The molecule has 0 atom stereocenters. The molecule has 0 aromatic rings. The first-order valence-electron chi connectivity index (χ1n) is 11.0. The fourth-order valence-electron chi connectivity index (χ4n) is 3.04. The molecule has 0 aliphatic rings. The minimum atomic E-state index is -0.340. The monoisotopic (exact) mass is 393 g/mol. The molecule has 3 heteroatoms. The van der Waals surface area contributed by atoms with Crippen molar-refractivity contribution in [1.29, 1.82) is 0 Å². The van der Waals surface area contributed by atoms with Gasteiger partial charge in [-0.25, -0.2) is 0 Å². The molecule has 0 unspecified atom stereocenters. The molecule has 0 saturated carbocycles. The molecule has 0 aromatic carbocycles. The third-order valence-corrected chi connectivity index (χ3v) is 6.84. The number of unbranched alkanes of at least 4 members (excludes halogenated alkanes) is 6. The molecular formula is C24H43NOS. The molecule has 1 amide bonds. The van der Waals surface area contributed by atoms with E-state index in [2.05, 4.69) is 57.2 Å². The van der Waals surface area contributed by atoms with E-state index in [0.717, 1.165) is 37.9 Å². The van der Waals surface area contributed by atoms with Crippen molar-refractivity contribution < 1.29 is 4.79 Å². The van der Waals surface area contributed by atoms with Crippen LogP contribution in [0.3, 0.4) is 0 Å². The largest absolute Gasteiger partial charge is 0.368 e. The van der Waals surface area contributed by atoms with Crippen molar-refractivity contribution in [2.75, 3.05) is 5.75 Å². The van der Waals surface area contributed by atoms with E-state index < -0.39 is 0 Å². The molecule has 2 nitrogen and oxygen atoms in total. The predicted octanol–water partition coefficient (Wildman–Crippen LogP) is 7.35. The second-order valence-corrected chi connectivity index (χ2v) is 8.60. The molecule has 0 aliphatic carbocycles. The van der Waals surface area contributed by atoms with Gasteiger partial charge in [0, 0.05) is 0 Å². The van der Waals surface area contributed by atoms with E-state index >= 15 is 0 Å². The van der Waals surface area contributed by atoms with Gasteiger partial charge in [-0.05, 0) is 57.1 Å². The van der Waals surface area contributed by atoms with Gasteiger partial charge in [-0.2, -0.15) is 0 Å². The van der Waals surface area contributed by atoms with E-state index in [1.54, 1.807) is 11.8 Å². The Morgan fingerprint density at radius 2 is 1.30 bits per heavy atom. The molecule has 0 spiro atoms. The lowest BCUT2D eigenvalue weighted by Gasteiger charge is -2.27. The highest BCUT2D eigenvalue weighted by atomic mass is 32.2. The van der Waals surface area contributed by atoms with Gasteiger partial charge >= 0.3 is 0 Å². The smallest absolute Gasteiger partial charge is 0.233 e. The second kappa shape index (κ2) is 18.4. The maximum atomic E-state index is 11.7. The fraction of sp³-hybridized carbons (Fsp3) is 0.708. The summed E-state index contributed by atoms with van der Waals surface area (Å²) in [6, 6.07) is 0. The lowest BCUT2D eigenvalue weighted by molar-refractivity contribution is -0.120. The van der Waals surface area contributed by atoms with Crippen LogP contribution in [0, 0.1) is 0 Å². The lowest BCUT2D eigenvalue weighted by atomic mass is 10.0. The average molecular weight is 394 g/mol. The Morgan fingerprint density at radius 1 is 0.778 bits per heavy atom. The fourth-order valence-corrected chi connectivity index (χ4v) is 4.33. The van der Waals surface area contributed by atoms with Crippen LogP contribution in [0.15, 0.2) is 36.5 Å². The Bertz CT molecular complexity index is 436. The highest BCUT2D eigenvalue weighted by molar-refractivity contribution is 8.01. The van der Waals surface area contributed by atoms with Crippen molar-refractivity contribution in [2.45, 2.75) is 103 Å². The predicted molar refractivity (Wildman–Crippen MR) is 124 cm³/mol. The third-order valence-electron chi connectivity index (χ3n) is 5.01. The number of allylic oxidation sites excluding steroid dienone is 6. The Balaban J connectivity index is 3.51. The summed E-state index contributed by atoms with van der Waals surface area (Å²) in [5.41, 5.74) is 5.59. The number of carbonyl (C=O) groups excluding carboxylic acids is 1. The van der Waals surface area contributed by atoms with Crippen molar-refractivity contribution >= 4 is 17.7 Å². The molecule has 27 heavy (non-hydrogen) atoms. The maximum Gasteiger partial charge on any atom is 0.233 e. The lowest BCUT2D eigenvalue weighted by Crippen LogP contribution is -2.40. The van der Waals surface area contributed by atoms with Crippen molar-refractivity contribution in [3.05, 3.63) is 36.5 Å². The Morgan fingerprint density at radius 3 is 1.85 bits per heavy atom. The number of thioether (sulfide) groups is 1. The van der Waals surface area contributed by atoms with E-state index in [-0.39, 0.29) is 10.7 Å². The molecule has 156 valence electrons. The van der Waals surface area contributed by atoms with Crippen LogP contribution in [0.1, 0.15) is 97.8 Å². The van der Waals surface area contributed by atoms with Gasteiger partial charge in [0.2, 0.25) is 5.91 Å². The highest BCUT2D eigenvalue weighted by Crippen LogP contribution is 2.33. The summed E-state index contributed by atoms with van der Waals surface area (Å²) in [4.78, 5) is 11.7. The quantitative estimate of drug-likeness (QED) is 0.195. The van der Waals surface area contributed by atoms with Crippen molar-refractivity contribution in [3.8, 4) is 0 Å². The van der Waals surface area contributed by atoms with Crippen LogP contribution < -0.4 is 5.73 Å². The van der Waals surface area contributed by atoms with Crippen LogP contribution in [0.5, 0.6) is 0 Å². The maximum absolute atomic E-state index is 11.7. The van der Waals surface area contributed by atoms with E-state index in [0.29, 0.717) is 0 Å². The zero-order valence-electron chi connectivity index (χ0n) is 18.1. The molecule has 0 aliphatic heterocycles. The number of hydrogen-bond acceptors (Lipinski definition) is 2. The van der Waals surface area contributed by atoms with E-state index in [4.69, 9.17) is 5.73 Å². The third kappa shape index (κ3) is 13.8. The topological polar surface area (TPSA) is 43.1 Å². The minimum Gasteiger partial charge on any atom is -0.368 e. The van der Waals surface area contributed by atoms with E-state index in [1.807, 2.05) is 0 Å². The molecule has 0 bridgehead atoms. The molecule has 0 heterocycles. The van der Waals surface area contributed by atoms with Gasteiger partial charge in [-0.15, -0.1) is 11.8 Å². The summed E-state index contributed by atoms with van der Waals surface area (Å²) in [5, 5.41) is 0. The highest BCUT2D eigenvalue weighted by Gasteiger charge is 2.32. The minimum absolute atomic E-state index is 0.144. The molecule has 0 rings (SSSR count). The number of nitrogens with two attached hydrogens (primary N) is 1. The van der Waals surface area contributed by atoms with Crippen LogP contribution >= 0.6 is 11.8 Å². The molecule has 2 N–H and O–H groups in total. The Labute approximate surface area is 173 Å². The van der Waals surface area contributed by atoms with Gasteiger partial charge in [0.25, 0.3) is 0 Å². The summed E-state index contributed by atoms with van der Waals surface area (Å²) < 4.78 is -0.340. The van der Waals surface area contributed by atoms with Crippen molar-refractivity contribution in [3.63, 3.8) is 0 Å². The Hall–Kier alpha value is -0.960. The first kappa shape index (κ1) is 26.0. The zero-order chi connectivity index (χ0) is 20.2. The summed E-state index contributed by atoms with van der Waals surface area (Å²) in [5.74, 6) is 0.907. The van der Waals surface area contributed by atoms with Gasteiger partial charge in [0.1, 0.15) is 0 Å². The number of carbonyl (C=O) groups is 1. The van der Waals surface area contributed by atoms with Gasteiger partial charge in [-0.1, -0.05) is 82.9 Å². The number of amides is 1. The van der Waals surface area contributed by atoms with Gasteiger partial charge in [0.05, 0.1) is 4.75 Å². The second-order valence-electron chi connectivity index (χ2n) is 7.12. The zero-order valence-corrected chi connectivity index (χ0v) is 18.9. The van der Waals surface area contributed by atoms with Crippen LogP contribution in [0.2, 0.25) is 0 Å². The van der Waals surface area contributed by atoms with Gasteiger partial charge in [-0.3, -0.25) is 4.79 Å². The van der Waals surface area contributed by atoms with Crippen LogP contribution in [0.4, 0.5) is 0 Å². The van der Waals surface area contributed by atoms with Crippen LogP contribution in [-0.2, 0) is 4.79 Å². The number of hydrogen-bond donors (Lipinski definition) is 1. The van der Waals surface area contributed by atoms with Crippen LogP contribution in [0.25, 0.3) is 0 Å². The van der Waals surface area contributed by atoms with E-state index in [1.165, 1.54) is 44.9 Å². The summed E-state index contributed by atoms with van der Waals surface area (Å²) in [6.07, 6.45) is 27.3.